The van der Waals surface area contributed by atoms with E-state index in [1.165, 1.54) is 24.8 Å². The maximum Gasteiger partial charge on any atom is 0.237 e. The van der Waals surface area contributed by atoms with Gasteiger partial charge in [0.15, 0.2) is 0 Å². The third kappa shape index (κ3) is 4.50. The van der Waals surface area contributed by atoms with Crippen LogP contribution in [0.15, 0.2) is 42.9 Å². The van der Waals surface area contributed by atoms with Crippen molar-refractivity contribution in [3.05, 3.63) is 48.4 Å². The highest BCUT2D eigenvalue weighted by Gasteiger charge is 2.21. The van der Waals surface area contributed by atoms with Crippen LogP contribution in [0.2, 0.25) is 0 Å². The Bertz CT molecular complexity index is 587. The van der Waals surface area contributed by atoms with Crippen LogP contribution in [0.5, 0.6) is 11.6 Å². The van der Waals surface area contributed by atoms with E-state index in [9.17, 15) is 5.11 Å². The molecule has 1 N–H and O–H groups in total. The van der Waals surface area contributed by atoms with Gasteiger partial charge in [0.25, 0.3) is 0 Å². The average Bonchev–Trinajstić information content (AvgIpc) is 2.60. The number of hydrogen-bond acceptors (Lipinski definition) is 5. The number of aromatic nitrogens is 2. The molecule has 5 nitrogen and oxygen atoms in total. The summed E-state index contributed by atoms with van der Waals surface area (Å²) in [5.74, 6) is 1.26. The third-order valence-electron chi connectivity index (χ3n) is 4.28. The second kappa shape index (κ2) is 8.04. The van der Waals surface area contributed by atoms with E-state index in [1.54, 1.807) is 18.6 Å². The van der Waals surface area contributed by atoms with Gasteiger partial charge in [-0.1, -0.05) is 18.6 Å². The van der Waals surface area contributed by atoms with Crippen LogP contribution < -0.4 is 4.74 Å². The molecule has 1 unspecified atom stereocenters. The number of likely N-dealkylation sites (tertiary alicyclic amines) is 1. The molecular formula is C18H23N3O2. The minimum absolute atomic E-state index is 0.270. The Morgan fingerprint density at radius 1 is 1.17 bits per heavy atom. The van der Waals surface area contributed by atoms with Gasteiger partial charge in [-0.3, -0.25) is 9.88 Å². The molecule has 2 aromatic rings. The lowest BCUT2D eigenvalue weighted by Crippen LogP contribution is -2.39. The summed E-state index contributed by atoms with van der Waals surface area (Å²) < 4.78 is 5.66. The number of ether oxygens (including phenoxy) is 1. The first kappa shape index (κ1) is 15.9. The van der Waals surface area contributed by atoms with Gasteiger partial charge >= 0.3 is 0 Å². The zero-order valence-corrected chi connectivity index (χ0v) is 13.3. The maximum atomic E-state index is 9.22. The molecular weight excluding hydrogens is 290 g/mol. The van der Waals surface area contributed by atoms with E-state index in [1.807, 2.05) is 12.1 Å². The number of piperidine rings is 1. The molecule has 1 fully saturated rings. The van der Waals surface area contributed by atoms with Crippen molar-refractivity contribution >= 4 is 0 Å². The van der Waals surface area contributed by atoms with E-state index in [-0.39, 0.29) is 6.61 Å². The molecule has 1 atom stereocenters. The fourth-order valence-corrected chi connectivity index (χ4v) is 3.10. The second-order valence-corrected chi connectivity index (χ2v) is 5.92. The third-order valence-corrected chi connectivity index (χ3v) is 4.28. The van der Waals surface area contributed by atoms with Crippen molar-refractivity contribution in [2.75, 3.05) is 13.2 Å². The van der Waals surface area contributed by atoms with Crippen molar-refractivity contribution in [3.63, 3.8) is 0 Å². The predicted molar refractivity (Wildman–Crippen MR) is 88.3 cm³/mol. The standard InChI is InChI=1S/C18H23N3O2/c22-12-8-16-3-1-2-11-21(16)14-15-4-6-17(7-5-15)23-18-13-19-9-10-20-18/h4-7,9-10,13,16,22H,1-3,8,11-12,14H2. The molecule has 1 aromatic heterocycles. The Morgan fingerprint density at radius 2 is 2.04 bits per heavy atom. The number of aliphatic hydroxyl groups is 1. The number of hydrogen-bond donors (Lipinski definition) is 1. The van der Waals surface area contributed by atoms with Crippen LogP contribution in [-0.2, 0) is 6.54 Å². The topological polar surface area (TPSA) is 58.5 Å². The first-order valence-corrected chi connectivity index (χ1v) is 8.23. The fraction of sp³-hybridized carbons (Fsp3) is 0.444. The molecule has 122 valence electrons. The lowest BCUT2D eigenvalue weighted by molar-refractivity contribution is 0.112. The zero-order valence-electron chi connectivity index (χ0n) is 13.3. The zero-order chi connectivity index (χ0) is 15.9. The molecule has 0 spiro atoms. The Labute approximate surface area is 137 Å². The van der Waals surface area contributed by atoms with Gasteiger partial charge in [0.05, 0.1) is 6.20 Å². The highest BCUT2D eigenvalue weighted by molar-refractivity contribution is 5.29. The molecule has 0 saturated carbocycles. The summed E-state index contributed by atoms with van der Waals surface area (Å²) >= 11 is 0. The molecule has 0 amide bonds. The lowest BCUT2D eigenvalue weighted by atomic mass is 9.99. The normalized spacial score (nSPS) is 18.7. The second-order valence-electron chi connectivity index (χ2n) is 5.92. The van der Waals surface area contributed by atoms with Gasteiger partial charge in [-0.15, -0.1) is 0 Å². The van der Waals surface area contributed by atoms with Gasteiger partial charge in [-0.25, -0.2) is 4.98 Å². The van der Waals surface area contributed by atoms with Gasteiger partial charge < -0.3 is 9.84 Å². The summed E-state index contributed by atoms with van der Waals surface area (Å²) in [5, 5.41) is 9.22. The van der Waals surface area contributed by atoms with E-state index in [0.29, 0.717) is 11.9 Å². The first-order chi connectivity index (χ1) is 11.3. The summed E-state index contributed by atoms with van der Waals surface area (Å²) in [5.41, 5.74) is 1.27. The Kier molecular flexibility index (Phi) is 5.56. The molecule has 1 saturated heterocycles. The highest BCUT2D eigenvalue weighted by atomic mass is 16.5. The summed E-state index contributed by atoms with van der Waals surface area (Å²) in [6, 6.07) is 8.63. The van der Waals surface area contributed by atoms with Crippen LogP contribution in [0.3, 0.4) is 0 Å². The minimum atomic E-state index is 0.270. The molecule has 1 aliphatic rings. The first-order valence-electron chi connectivity index (χ1n) is 8.23. The highest BCUT2D eigenvalue weighted by Crippen LogP contribution is 2.23. The molecule has 23 heavy (non-hydrogen) atoms. The van der Waals surface area contributed by atoms with E-state index in [2.05, 4.69) is 27.0 Å². The molecule has 1 aromatic carbocycles. The summed E-state index contributed by atoms with van der Waals surface area (Å²) in [4.78, 5) is 10.6. The molecule has 3 rings (SSSR count). The van der Waals surface area contributed by atoms with E-state index in [4.69, 9.17) is 4.74 Å². The number of aliphatic hydroxyl groups excluding tert-OH is 1. The molecule has 0 radical (unpaired) electrons. The van der Waals surface area contributed by atoms with Crippen LogP contribution in [0.1, 0.15) is 31.2 Å². The number of rotatable bonds is 6. The molecule has 5 heteroatoms. The SMILES string of the molecule is OCCC1CCCCN1Cc1ccc(Oc2cnccn2)cc1. The van der Waals surface area contributed by atoms with Crippen molar-refractivity contribution in [3.8, 4) is 11.6 Å². The van der Waals surface area contributed by atoms with Crippen LogP contribution in [0.25, 0.3) is 0 Å². The minimum Gasteiger partial charge on any atom is -0.438 e. The molecule has 0 bridgehead atoms. The lowest BCUT2D eigenvalue weighted by Gasteiger charge is -2.35. The molecule has 1 aliphatic heterocycles. The van der Waals surface area contributed by atoms with Gasteiger partial charge in [-0.2, -0.15) is 0 Å². The maximum absolute atomic E-state index is 9.22. The Morgan fingerprint density at radius 3 is 2.78 bits per heavy atom. The van der Waals surface area contributed by atoms with Crippen molar-refractivity contribution < 1.29 is 9.84 Å². The summed E-state index contributed by atoms with van der Waals surface area (Å²) in [6.07, 6.45) is 9.41. The van der Waals surface area contributed by atoms with Gasteiger partial charge in [0.1, 0.15) is 5.75 Å². The van der Waals surface area contributed by atoms with Gasteiger partial charge in [0.2, 0.25) is 5.88 Å². The number of benzene rings is 1. The largest absolute Gasteiger partial charge is 0.438 e. The van der Waals surface area contributed by atoms with Crippen LogP contribution in [0, 0.1) is 0 Å². The van der Waals surface area contributed by atoms with Crippen molar-refractivity contribution in [2.24, 2.45) is 0 Å². The summed E-state index contributed by atoms with van der Waals surface area (Å²) in [7, 11) is 0. The van der Waals surface area contributed by atoms with Crippen molar-refractivity contribution in [2.45, 2.75) is 38.3 Å². The average molecular weight is 313 g/mol. The molecule has 0 aliphatic carbocycles. The van der Waals surface area contributed by atoms with Crippen LogP contribution in [0.4, 0.5) is 0 Å². The van der Waals surface area contributed by atoms with Crippen molar-refractivity contribution in [1.29, 1.82) is 0 Å². The Balaban J connectivity index is 1.60. The smallest absolute Gasteiger partial charge is 0.237 e. The van der Waals surface area contributed by atoms with Crippen molar-refractivity contribution in [1.82, 2.24) is 14.9 Å². The molecule has 2 heterocycles. The number of nitrogens with zero attached hydrogens (tertiary/aromatic N) is 3. The summed E-state index contributed by atoms with van der Waals surface area (Å²) in [6.45, 7) is 2.31. The van der Waals surface area contributed by atoms with Crippen LogP contribution in [-0.4, -0.2) is 39.2 Å². The van der Waals surface area contributed by atoms with Gasteiger partial charge in [-0.05, 0) is 43.5 Å². The predicted octanol–water partition coefficient (Wildman–Crippen LogP) is 3.01. The monoisotopic (exact) mass is 313 g/mol. The van der Waals surface area contributed by atoms with Gasteiger partial charge in [0, 0.05) is 31.6 Å². The van der Waals surface area contributed by atoms with E-state index < -0.39 is 0 Å². The quantitative estimate of drug-likeness (QED) is 0.888. The van der Waals surface area contributed by atoms with E-state index in [0.717, 1.165) is 25.3 Å². The van der Waals surface area contributed by atoms with E-state index >= 15 is 0 Å². The fourth-order valence-electron chi connectivity index (χ4n) is 3.10. The Hall–Kier alpha value is -1.98. The van der Waals surface area contributed by atoms with Crippen LogP contribution >= 0.6 is 0 Å².